The molecule has 10 nitrogen and oxygen atoms in total. The number of nitro groups is 2. The maximum Gasteiger partial charge on any atom is 0.363 e. The van der Waals surface area contributed by atoms with Gasteiger partial charge in [-0.1, -0.05) is 12.1 Å². The van der Waals surface area contributed by atoms with Crippen molar-refractivity contribution in [1.29, 1.82) is 0 Å². The van der Waals surface area contributed by atoms with Crippen molar-refractivity contribution in [3.05, 3.63) is 79.5 Å². The van der Waals surface area contributed by atoms with Crippen LogP contribution in [0.15, 0.2) is 53.2 Å². The van der Waals surface area contributed by atoms with Gasteiger partial charge in [0.2, 0.25) is 5.90 Å². The quantitative estimate of drug-likeness (QED) is 0.342. The van der Waals surface area contributed by atoms with Gasteiger partial charge in [-0.2, -0.15) is 0 Å². The molecule has 3 rings (SSSR count). The first kappa shape index (κ1) is 17.7. The van der Waals surface area contributed by atoms with Crippen LogP contribution in [0, 0.1) is 20.2 Å². The van der Waals surface area contributed by atoms with Crippen LogP contribution < -0.4 is 4.74 Å². The fourth-order valence-corrected chi connectivity index (χ4v) is 2.39. The summed E-state index contributed by atoms with van der Waals surface area (Å²) in [4.78, 5) is 36.8. The fraction of sp³-hybridized carbons (Fsp3) is 0.0588. The molecule has 1 heterocycles. The minimum atomic E-state index is -0.787. The first-order valence-corrected chi connectivity index (χ1v) is 7.49. The normalized spacial score (nSPS) is 14.6. The van der Waals surface area contributed by atoms with Crippen molar-refractivity contribution in [2.45, 2.75) is 0 Å². The van der Waals surface area contributed by atoms with Gasteiger partial charge in [0.1, 0.15) is 5.75 Å². The lowest BCUT2D eigenvalue weighted by atomic mass is 10.1. The van der Waals surface area contributed by atoms with Crippen LogP contribution in [0.4, 0.5) is 11.4 Å². The van der Waals surface area contributed by atoms with Gasteiger partial charge in [0.25, 0.3) is 11.4 Å². The molecule has 0 spiro atoms. The molecule has 10 heteroatoms. The monoisotopic (exact) mass is 369 g/mol. The van der Waals surface area contributed by atoms with Crippen molar-refractivity contribution in [2.24, 2.45) is 4.99 Å². The molecular weight excluding hydrogens is 358 g/mol. The zero-order valence-electron chi connectivity index (χ0n) is 13.8. The van der Waals surface area contributed by atoms with E-state index in [1.807, 2.05) is 0 Å². The molecule has 0 atom stereocenters. The zero-order valence-corrected chi connectivity index (χ0v) is 13.8. The zero-order chi connectivity index (χ0) is 19.6. The molecule has 0 saturated carbocycles. The molecule has 0 aromatic heterocycles. The summed E-state index contributed by atoms with van der Waals surface area (Å²) in [6.07, 6.45) is 1.33. The molecule has 2 aromatic rings. The van der Waals surface area contributed by atoms with Crippen molar-refractivity contribution >= 4 is 29.3 Å². The molecule has 0 bridgehead atoms. The van der Waals surface area contributed by atoms with Gasteiger partial charge in [-0.15, -0.1) is 0 Å². The predicted molar refractivity (Wildman–Crippen MR) is 93.4 cm³/mol. The van der Waals surface area contributed by atoms with E-state index in [-0.39, 0.29) is 34.3 Å². The lowest BCUT2D eigenvalue weighted by molar-refractivity contribution is -0.385. The van der Waals surface area contributed by atoms with Gasteiger partial charge in [-0.25, -0.2) is 9.79 Å². The Morgan fingerprint density at radius 3 is 2.44 bits per heavy atom. The Hall–Kier alpha value is -4.08. The minimum Gasteiger partial charge on any atom is -0.496 e. The van der Waals surface area contributed by atoms with Crippen molar-refractivity contribution in [3.63, 3.8) is 0 Å². The molecule has 0 aliphatic carbocycles. The number of nitro benzene ring substituents is 2. The summed E-state index contributed by atoms with van der Waals surface area (Å²) in [5.74, 6) is -0.703. The van der Waals surface area contributed by atoms with Gasteiger partial charge in [0, 0.05) is 24.3 Å². The van der Waals surface area contributed by atoms with Crippen molar-refractivity contribution in [3.8, 4) is 5.75 Å². The number of rotatable bonds is 5. The molecule has 2 aromatic carbocycles. The Morgan fingerprint density at radius 1 is 1.07 bits per heavy atom. The van der Waals surface area contributed by atoms with Gasteiger partial charge < -0.3 is 9.47 Å². The Labute approximate surface area is 151 Å². The SMILES string of the molecule is COc1ccc([N+](=O)[O-])cc1C1=NC(=Cc2cccc([N+](=O)[O-])c2)C(=O)O1. The summed E-state index contributed by atoms with van der Waals surface area (Å²) < 4.78 is 10.2. The number of hydrogen-bond donors (Lipinski definition) is 0. The van der Waals surface area contributed by atoms with Crippen LogP contribution in [0.25, 0.3) is 6.08 Å². The van der Waals surface area contributed by atoms with E-state index in [0.29, 0.717) is 5.56 Å². The standard InChI is InChI=1S/C17H11N3O7/c1-26-15-6-5-12(20(24)25)9-13(15)16-18-14(17(21)27-16)8-10-3-2-4-11(7-10)19(22)23/h2-9H,1H3. The van der Waals surface area contributed by atoms with E-state index in [1.54, 1.807) is 6.07 Å². The number of benzene rings is 2. The number of carbonyl (C=O) groups excluding carboxylic acids is 1. The minimum absolute atomic E-state index is 0.0981. The molecule has 0 fully saturated rings. The summed E-state index contributed by atoms with van der Waals surface area (Å²) in [7, 11) is 1.36. The highest BCUT2D eigenvalue weighted by atomic mass is 16.6. The third-order valence-corrected chi connectivity index (χ3v) is 3.63. The molecule has 0 amide bonds. The van der Waals surface area contributed by atoms with Crippen molar-refractivity contribution < 1.29 is 24.1 Å². The highest BCUT2D eigenvalue weighted by Crippen LogP contribution is 2.29. The third kappa shape index (κ3) is 3.63. The summed E-state index contributed by atoms with van der Waals surface area (Å²) in [6.45, 7) is 0. The van der Waals surface area contributed by atoms with E-state index in [0.717, 1.165) is 0 Å². The fourth-order valence-electron chi connectivity index (χ4n) is 2.39. The molecule has 1 aliphatic rings. The second-order valence-electron chi connectivity index (χ2n) is 5.33. The highest BCUT2D eigenvalue weighted by molar-refractivity contribution is 6.14. The lowest BCUT2D eigenvalue weighted by Gasteiger charge is -2.06. The Bertz CT molecular complexity index is 1030. The average Bonchev–Trinajstić information content (AvgIpc) is 3.01. The number of cyclic esters (lactones) is 1. The van der Waals surface area contributed by atoms with Crippen molar-refractivity contribution in [1.82, 2.24) is 0 Å². The van der Waals surface area contributed by atoms with Crippen LogP contribution in [0.1, 0.15) is 11.1 Å². The average molecular weight is 369 g/mol. The number of hydrogen-bond acceptors (Lipinski definition) is 8. The smallest absolute Gasteiger partial charge is 0.363 e. The first-order valence-electron chi connectivity index (χ1n) is 7.49. The Morgan fingerprint density at radius 2 is 1.78 bits per heavy atom. The van der Waals surface area contributed by atoms with Crippen LogP contribution in [0.2, 0.25) is 0 Å². The maximum atomic E-state index is 12.1. The van der Waals surface area contributed by atoms with Crippen LogP contribution >= 0.6 is 0 Å². The Balaban J connectivity index is 2.02. The van der Waals surface area contributed by atoms with Gasteiger partial charge in [0.15, 0.2) is 5.70 Å². The number of aliphatic imine (C=N–C) groups is 1. The molecular formula is C17H11N3O7. The number of ether oxygens (including phenoxy) is 2. The van der Waals surface area contributed by atoms with E-state index in [2.05, 4.69) is 4.99 Å². The van der Waals surface area contributed by atoms with E-state index >= 15 is 0 Å². The number of non-ortho nitro benzene ring substituents is 2. The summed E-state index contributed by atoms with van der Waals surface area (Å²) in [5.41, 5.74) is 0.0645. The summed E-state index contributed by atoms with van der Waals surface area (Å²) >= 11 is 0. The van der Waals surface area contributed by atoms with Crippen LogP contribution in [0.5, 0.6) is 5.75 Å². The Kier molecular flexibility index (Phi) is 4.62. The van der Waals surface area contributed by atoms with Crippen LogP contribution in [-0.2, 0) is 9.53 Å². The largest absolute Gasteiger partial charge is 0.496 e. The van der Waals surface area contributed by atoms with Gasteiger partial charge in [0.05, 0.1) is 22.5 Å². The molecule has 136 valence electrons. The second-order valence-corrected chi connectivity index (χ2v) is 5.33. The van der Waals surface area contributed by atoms with E-state index in [9.17, 15) is 25.0 Å². The predicted octanol–water partition coefficient (Wildman–Crippen LogP) is 2.86. The molecule has 0 saturated heterocycles. The summed E-state index contributed by atoms with van der Waals surface area (Å²) in [5, 5.41) is 21.8. The topological polar surface area (TPSA) is 134 Å². The second kappa shape index (κ2) is 7.04. The van der Waals surface area contributed by atoms with Gasteiger partial charge in [-0.3, -0.25) is 20.2 Å². The van der Waals surface area contributed by atoms with Crippen LogP contribution in [-0.4, -0.2) is 28.8 Å². The van der Waals surface area contributed by atoms with Gasteiger partial charge in [-0.05, 0) is 17.7 Å². The number of methoxy groups -OCH3 is 1. The first-order chi connectivity index (χ1) is 12.9. The van der Waals surface area contributed by atoms with Crippen molar-refractivity contribution in [2.75, 3.05) is 7.11 Å². The van der Waals surface area contributed by atoms with E-state index in [4.69, 9.17) is 9.47 Å². The van der Waals surface area contributed by atoms with E-state index < -0.39 is 15.8 Å². The molecule has 0 N–H and O–H groups in total. The van der Waals surface area contributed by atoms with Gasteiger partial charge >= 0.3 is 5.97 Å². The molecule has 0 radical (unpaired) electrons. The number of carbonyl (C=O) groups is 1. The third-order valence-electron chi connectivity index (χ3n) is 3.63. The highest BCUT2D eigenvalue weighted by Gasteiger charge is 2.28. The number of esters is 1. The lowest BCUT2D eigenvalue weighted by Crippen LogP contribution is -2.07. The number of nitrogens with zero attached hydrogens (tertiary/aromatic N) is 3. The van der Waals surface area contributed by atoms with E-state index in [1.165, 1.54) is 49.6 Å². The summed E-state index contributed by atoms with van der Waals surface area (Å²) in [6, 6.07) is 9.43. The maximum absolute atomic E-state index is 12.1. The van der Waals surface area contributed by atoms with Crippen LogP contribution in [0.3, 0.4) is 0 Å². The molecule has 1 aliphatic heterocycles. The molecule has 27 heavy (non-hydrogen) atoms. The molecule has 0 unspecified atom stereocenters.